The molecule has 3 aliphatic heterocycles. The summed E-state index contributed by atoms with van der Waals surface area (Å²) in [7, 11) is 0. The number of hydrogen-bond acceptors (Lipinski definition) is 2. The quantitative estimate of drug-likeness (QED) is 0.656. The van der Waals surface area contributed by atoms with Gasteiger partial charge in [0.15, 0.2) is 0 Å². The third-order valence-corrected chi connectivity index (χ3v) is 3.06. The Kier molecular flexibility index (Phi) is 1.81. The van der Waals surface area contributed by atoms with Crippen molar-refractivity contribution in [1.82, 2.24) is 4.70 Å². The SMILES string of the molecule is [N-]=[N+]1c2cc3cc(C(N)=O)c1cc3cc2C(N)=O. The van der Waals surface area contributed by atoms with Gasteiger partial charge in [0.2, 0.25) is 11.4 Å². The number of fused-ring (bicyclic) bond motifs is 2. The fourth-order valence-electron chi connectivity index (χ4n) is 2.20. The molecule has 3 heterocycles. The molecule has 0 fully saturated rings. The smallest absolute Gasteiger partial charge is 0.255 e. The van der Waals surface area contributed by atoms with Gasteiger partial charge in [0.25, 0.3) is 11.8 Å². The van der Waals surface area contributed by atoms with E-state index < -0.39 is 11.8 Å². The van der Waals surface area contributed by atoms with Gasteiger partial charge in [-0.15, -0.1) is 0 Å². The van der Waals surface area contributed by atoms with Gasteiger partial charge in [-0.3, -0.25) is 9.59 Å². The van der Waals surface area contributed by atoms with Gasteiger partial charge in [-0.25, -0.2) is 4.70 Å². The Morgan fingerprint density at radius 3 is 1.61 bits per heavy atom. The minimum absolute atomic E-state index is 0.196. The average molecular weight is 240 g/mol. The van der Waals surface area contributed by atoms with Crippen LogP contribution in [0.15, 0.2) is 24.3 Å². The molecular formula is C12H8N4O2. The standard InChI is InChI=1S/C12H8N4O2/c13-11(17)7-1-5-3-10-8(12(14)18)2-6(5)4-9(7)16(10)15/h1-4H,(H2,13,17)(H2,14,18). The molecule has 6 heteroatoms. The molecule has 0 aromatic heterocycles. The van der Waals surface area contributed by atoms with E-state index in [9.17, 15) is 15.1 Å². The molecule has 2 aromatic carbocycles. The zero-order valence-electron chi connectivity index (χ0n) is 9.18. The Morgan fingerprint density at radius 1 is 0.889 bits per heavy atom. The van der Waals surface area contributed by atoms with E-state index in [0.717, 1.165) is 4.70 Å². The Labute approximate surface area is 101 Å². The van der Waals surface area contributed by atoms with Crippen LogP contribution in [0.25, 0.3) is 16.3 Å². The first-order chi connectivity index (χ1) is 8.49. The highest BCUT2D eigenvalue weighted by atomic mass is 16.1. The highest BCUT2D eigenvalue weighted by Gasteiger charge is 2.27. The largest absolute Gasteiger partial charge is 0.493 e. The summed E-state index contributed by atoms with van der Waals surface area (Å²) in [6, 6.07) is 6.35. The molecular weight excluding hydrogens is 232 g/mol. The molecule has 0 aliphatic carbocycles. The van der Waals surface area contributed by atoms with Crippen LogP contribution in [0.1, 0.15) is 20.7 Å². The maximum atomic E-state index is 11.3. The third kappa shape index (κ3) is 1.17. The number of carbonyl (C=O) groups excluding carboxylic acids is 2. The van der Waals surface area contributed by atoms with E-state index in [1.807, 2.05) is 0 Å². The van der Waals surface area contributed by atoms with Crippen molar-refractivity contribution in [3.63, 3.8) is 0 Å². The fourth-order valence-corrected chi connectivity index (χ4v) is 2.20. The summed E-state index contributed by atoms with van der Waals surface area (Å²) in [5, 5.41) is 1.42. The molecule has 0 spiro atoms. The Morgan fingerprint density at radius 2 is 1.28 bits per heavy atom. The predicted molar refractivity (Wildman–Crippen MR) is 65.8 cm³/mol. The zero-order valence-corrected chi connectivity index (χ0v) is 9.18. The molecule has 2 amide bonds. The van der Waals surface area contributed by atoms with E-state index >= 15 is 0 Å². The summed E-state index contributed by atoms with van der Waals surface area (Å²) < 4.78 is 0.764. The number of hydrogen-bond donors (Lipinski definition) is 2. The lowest BCUT2D eigenvalue weighted by Crippen LogP contribution is -2.15. The van der Waals surface area contributed by atoms with Crippen LogP contribution in [-0.4, -0.2) is 11.8 Å². The third-order valence-electron chi connectivity index (χ3n) is 3.06. The van der Waals surface area contributed by atoms with E-state index in [2.05, 4.69) is 0 Å². The second-order valence-electron chi connectivity index (χ2n) is 4.13. The van der Waals surface area contributed by atoms with Gasteiger partial charge >= 0.3 is 0 Å². The van der Waals surface area contributed by atoms with Gasteiger partial charge in [0.1, 0.15) is 11.1 Å². The monoisotopic (exact) mass is 240 g/mol. The number of nitrogens with two attached hydrogens (primary N) is 2. The predicted octanol–water partition coefficient (Wildman–Crippen LogP) is 1.21. The molecule has 5 rings (SSSR count). The van der Waals surface area contributed by atoms with Gasteiger partial charge in [0.05, 0.1) is 0 Å². The number of nitrogens with zero attached hydrogens (tertiary/aromatic N) is 2. The van der Waals surface area contributed by atoms with E-state index in [1.165, 1.54) is 0 Å². The van der Waals surface area contributed by atoms with Gasteiger partial charge in [-0.2, -0.15) is 0 Å². The highest BCUT2D eigenvalue weighted by molar-refractivity contribution is 6.09. The summed E-state index contributed by atoms with van der Waals surface area (Å²) in [5.41, 5.74) is 21.5. The second-order valence-corrected chi connectivity index (χ2v) is 4.13. The first-order valence-electron chi connectivity index (χ1n) is 5.19. The lowest BCUT2D eigenvalue weighted by atomic mass is 10.0. The Balaban J connectivity index is 2.44. The van der Waals surface area contributed by atoms with Crippen molar-refractivity contribution in [2.45, 2.75) is 0 Å². The number of primary amides is 2. The van der Waals surface area contributed by atoms with E-state index in [-0.39, 0.29) is 22.5 Å². The molecule has 0 unspecified atom stereocenters. The van der Waals surface area contributed by atoms with Crippen molar-refractivity contribution < 1.29 is 9.59 Å². The molecule has 0 saturated heterocycles. The molecule has 0 atom stereocenters. The first-order valence-corrected chi connectivity index (χ1v) is 5.19. The van der Waals surface area contributed by atoms with E-state index in [0.29, 0.717) is 10.8 Å². The van der Waals surface area contributed by atoms with Gasteiger partial charge < -0.3 is 17.0 Å². The highest BCUT2D eigenvalue weighted by Crippen LogP contribution is 2.38. The van der Waals surface area contributed by atoms with Crippen molar-refractivity contribution in [1.29, 1.82) is 0 Å². The van der Waals surface area contributed by atoms with Gasteiger partial charge in [0, 0.05) is 12.1 Å². The summed E-state index contributed by atoms with van der Waals surface area (Å²) >= 11 is 0. The first kappa shape index (κ1) is 10.4. The lowest BCUT2D eigenvalue weighted by molar-refractivity contribution is 0.0993. The minimum atomic E-state index is -0.644. The maximum absolute atomic E-state index is 11.3. The number of benzene rings is 2. The summed E-state index contributed by atoms with van der Waals surface area (Å²) in [6.07, 6.45) is 0. The number of amides is 2. The van der Waals surface area contributed by atoms with Crippen molar-refractivity contribution >= 4 is 34.0 Å². The summed E-state index contributed by atoms with van der Waals surface area (Å²) in [5.74, 6) is -1.29. The van der Waals surface area contributed by atoms with Crippen LogP contribution < -0.4 is 16.2 Å². The van der Waals surface area contributed by atoms with Crippen molar-refractivity contribution in [2.24, 2.45) is 11.5 Å². The van der Waals surface area contributed by atoms with Crippen LogP contribution in [0, 0.1) is 0 Å². The van der Waals surface area contributed by atoms with Crippen LogP contribution in [0.2, 0.25) is 0 Å². The van der Waals surface area contributed by atoms with Crippen LogP contribution in [0.4, 0.5) is 11.4 Å². The Hall–Kier alpha value is -2.76. The number of rotatable bonds is 2. The van der Waals surface area contributed by atoms with Crippen molar-refractivity contribution in [2.75, 3.05) is 0 Å². The van der Waals surface area contributed by atoms with Crippen molar-refractivity contribution in [3.05, 3.63) is 40.9 Å². The van der Waals surface area contributed by atoms with Crippen LogP contribution >= 0.6 is 0 Å². The second kappa shape index (κ2) is 3.13. The summed E-state index contributed by atoms with van der Waals surface area (Å²) in [4.78, 5) is 22.6. The molecule has 4 N–H and O–H groups in total. The zero-order chi connectivity index (χ0) is 13.0. The van der Waals surface area contributed by atoms with Crippen LogP contribution in [0.3, 0.4) is 0 Å². The minimum Gasteiger partial charge on any atom is -0.493 e. The molecule has 88 valence electrons. The topological polar surface area (TPSA) is 111 Å². The molecule has 2 aromatic rings. The average Bonchev–Trinajstić information content (AvgIpc) is 2.59. The van der Waals surface area contributed by atoms with E-state index in [4.69, 9.17) is 11.5 Å². The Bertz CT molecular complexity index is 701. The normalized spacial score (nSPS) is 12.3. The fraction of sp³-hybridized carbons (Fsp3) is 0. The van der Waals surface area contributed by atoms with Gasteiger partial charge in [-0.05, 0) is 22.9 Å². The summed E-state index contributed by atoms with van der Waals surface area (Å²) in [6.45, 7) is 0. The van der Waals surface area contributed by atoms with E-state index in [1.54, 1.807) is 24.3 Å². The molecule has 18 heavy (non-hydrogen) atoms. The molecule has 0 saturated carbocycles. The molecule has 6 nitrogen and oxygen atoms in total. The molecule has 3 aliphatic rings. The van der Waals surface area contributed by atoms with Gasteiger partial charge in [-0.1, -0.05) is 0 Å². The van der Waals surface area contributed by atoms with Crippen LogP contribution in [0.5, 0.6) is 0 Å². The van der Waals surface area contributed by atoms with Crippen LogP contribution in [-0.2, 0) is 0 Å². The lowest BCUT2D eigenvalue weighted by Gasteiger charge is -2.05. The molecule has 0 radical (unpaired) electrons. The number of carbonyl (C=O) groups is 2. The molecule has 4 bridgehead atoms. The maximum Gasteiger partial charge on any atom is 0.255 e. The van der Waals surface area contributed by atoms with Crippen molar-refractivity contribution in [3.8, 4) is 0 Å².